The second-order valence-corrected chi connectivity index (χ2v) is 11.4. The number of piperidine rings is 1. The summed E-state index contributed by atoms with van der Waals surface area (Å²) in [5, 5.41) is 11.2. The first-order valence-electron chi connectivity index (χ1n) is 9.88. The first-order chi connectivity index (χ1) is 14.5. The number of benzene rings is 1. The van der Waals surface area contributed by atoms with Crippen molar-refractivity contribution in [2.45, 2.75) is 30.0 Å². The summed E-state index contributed by atoms with van der Waals surface area (Å²) in [7, 11) is -3.38. The predicted octanol–water partition coefficient (Wildman–Crippen LogP) is 3.43. The number of thioether (sulfide) groups is 1. The Morgan fingerprint density at radius 1 is 1.33 bits per heavy atom. The van der Waals surface area contributed by atoms with E-state index in [0.717, 1.165) is 22.1 Å². The van der Waals surface area contributed by atoms with Crippen molar-refractivity contribution in [2.24, 2.45) is 5.92 Å². The molecule has 1 aromatic heterocycles. The maximum absolute atomic E-state index is 12.8. The van der Waals surface area contributed by atoms with Gasteiger partial charge in [0, 0.05) is 18.8 Å². The van der Waals surface area contributed by atoms with E-state index < -0.39 is 10.0 Å². The Balaban J connectivity index is 1.51. The zero-order valence-corrected chi connectivity index (χ0v) is 19.1. The van der Waals surface area contributed by atoms with Crippen LogP contribution in [0.3, 0.4) is 0 Å². The lowest BCUT2D eigenvalue weighted by atomic mass is 9.99. The number of sulfonamides is 1. The summed E-state index contributed by atoms with van der Waals surface area (Å²) in [6, 6.07) is 9.86. The third-order valence-corrected chi connectivity index (χ3v) is 8.71. The number of rotatable bonds is 10. The van der Waals surface area contributed by atoms with E-state index >= 15 is 0 Å². The quantitative estimate of drug-likeness (QED) is 0.328. The largest absolute Gasteiger partial charge is 0.300 e. The number of carbonyl (C=O) groups is 1. The van der Waals surface area contributed by atoms with Gasteiger partial charge < -0.3 is 5.32 Å². The molecule has 1 atom stereocenters. The third-order valence-electron chi connectivity index (χ3n) is 4.82. The van der Waals surface area contributed by atoms with Gasteiger partial charge >= 0.3 is 0 Å². The molecule has 7 nitrogen and oxygen atoms in total. The van der Waals surface area contributed by atoms with Crippen LogP contribution in [0.25, 0.3) is 0 Å². The Bertz CT molecular complexity index is 947. The van der Waals surface area contributed by atoms with Gasteiger partial charge in [-0.15, -0.1) is 16.8 Å². The molecule has 1 fully saturated rings. The number of hydrogen-bond donors (Lipinski definition) is 1. The monoisotopic (exact) mass is 466 g/mol. The second kappa shape index (κ2) is 11.0. The van der Waals surface area contributed by atoms with Crippen LogP contribution in [-0.2, 0) is 21.2 Å². The van der Waals surface area contributed by atoms with Crippen LogP contribution in [-0.4, -0.2) is 53.4 Å². The Kier molecular flexibility index (Phi) is 8.43. The molecule has 0 spiro atoms. The number of nitrogens with zero attached hydrogens (tertiary/aromatic N) is 3. The van der Waals surface area contributed by atoms with Crippen molar-refractivity contribution < 1.29 is 13.2 Å². The van der Waals surface area contributed by atoms with Gasteiger partial charge in [0.2, 0.25) is 21.1 Å². The molecule has 1 amide bonds. The summed E-state index contributed by atoms with van der Waals surface area (Å²) in [5.74, 6) is 0.241. The zero-order valence-electron chi connectivity index (χ0n) is 16.7. The molecule has 2 heterocycles. The van der Waals surface area contributed by atoms with Crippen LogP contribution in [0.5, 0.6) is 0 Å². The van der Waals surface area contributed by atoms with E-state index in [1.54, 1.807) is 6.08 Å². The number of carbonyl (C=O) groups excluding carboxylic acids is 1. The number of hydrogen-bond acceptors (Lipinski definition) is 7. The summed E-state index contributed by atoms with van der Waals surface area (Å²) in [6.45, 7) is 4.35. The third kappa shape index (κ3) is 6.63. The highest BCUT2D eigenvalue weighted by Gasteiger charge is 2.32. The zero-order chi connectivity index (χ0) is 21.4. The molecule has 162 valence electrons. The van der Waals surface area contributed by atoms with Crippen LogP contribution in [0.1, 0.15) is 24.8 Å². The molecule has 3 rings (SSSR count). The highest BCUT2D eigenvalue weighted by molar-refractivity contribution is 8.01. The van der Waals surface area contributed by atoms with E-state index in [2.05, 4.69) is 22.1 Å². The van der Waals surface area contributed by atoms with Crippen molar-refractivity contribution in [2.75, 3.05) is 29.9 Å². The molecule has 1 aliphatic rings. The maximum Gasteiger partial charge on any atom is 0.230 e. The van der Waals surface area contributed by atoms with Gasteiger partial charge in [0.05, 0.1) is 11.7 Å². The van der Waals surface area contributed by atoms with Crippen molar-refractivity contribution in [3.63, 3.8) is 0 Å². The molecule has 0 bridgehead atoms. The molecule has 0 unspecified atom stereocenters. The van der Waals surface area contributed by atoms with E-state index in [0.29, 0.717) is 30.9 Å². The fourth-order valence-electron chi connectivity index (χ4n) is 3.30. The van der Waals surface area contributed by atoms with E-state index in [1.165, 1.54) is 27.4 Å². The molecule has 1 saturated heterocycles. The van der Waals surface area contributed by atoms with E-state index in [-0.39, 0.29) is 24.1 Å². The maximum atomic E-state index is 12.8. The number of aryl methyl sites for hydroxylation is 1. The highest BCUT2D eigenvalue weighted by atomic mass is 32.2. The standard InChI is InChI=1S/C20H26N4O3S3/c1-2-13-28-20-23-22-19(29-20)21-18(25)17-11-6-12-24(15-17)30(26,27)14-7-10-16-8-4-3-5-9-16/h2-5,8-9,17H,1,6-7,10-15H2,(H,21,22,25)/t17-/m1/s1. The Labute approximate surface area is 186 Å². The summed E-state index contributed by atoms with van der Waals surface area (Å²) in [5.41, 5.74) is 1.13. The molecular formula is C20H26N4O3S3. The predicted molar refractivity (Wildman–Crippen MR) is 122 cm³/mol. The van der Waals surface area contributed by atoms with E-state index in [9.17, 15) is 13.2 Å². The van der Waals surface area contributed by atoms with Gasteiger partial charge in [-0.3, -0.25) is 4.79 Å². The van der Waals surface area contributed by atoms with Crippen LogP contribution in [0.2, 0.25) is 0 Å². The molecule has 1 aromatic carbocycles. The summed E-state index contributed by atoms with van der Waals surface area (Å²) < 4.78 is 27.8. The van der Waals surface area contributed by atoms with Crippen molar-refractivity contribution in [1.29, 1.82) is 0 Å². The van der Waals surface area contributed by atoms with Crippen molar-refractivity contribution >= 4 is 44.2 Å². The minimum Gasteiger partial charge on any atom is -0.300 e. The molecule has 30 heavy (non-hydrogen) atoms. The van der Waals surface area contributed by atoms with Gasteiger partial charge in [-0.1, -0.05) is 59.5 Å². The van der Waals surface area contributed by atoms with Gasteiger partial charge in [0.15, 0.2) is 4.34 Å². The van der Waals surface area contributed by atoms with Crippen LogP contribution >= 0.6 is 23.1 Å². The molecule has 2 aromatic rings. The van der Waals surface area contributed by atoms with Crippen LogP contribution in [0.15, 0.2) is 47.3 Å². The highest BCUT2D eigenvalue weighted by Crippen LogP contribution is 2.27. The van der Waals surface area contributed by atoms with Crippen LogP contribution in [0, 0.1) is 5.92 Å². The number of amides is 1. The average molecular weight is 467 g/mol. The molecular weight excluding hydrogens is 440 g/mol. The van der Waals surface area contributed by atoms with Crippen LogP contribution < -0.4 is 5.32 Å². The van der Waals surface area contributed by atoms with Crippen LogP contribution in [0.4, 0.5) is 5.13 Å². The summed E-state index contributed by atoms with van der Waals surface area (Å²) in [6.07, 6.45) is 4.41. The topological polar surface area (TPSA) is 92.3 Å². The fraction of sp³-hybridized carbons (Fsp3) is 0.450. The van der Waals surface area contributed by atoms with Crippen molar-refractivity contribution in [1.82, 2.24) is 14.5 Å². The van der Waals surface area contributed by atoms with Crippen molar-refractivity contribution in [3.05, 3.63) is 48.6 Å². The lowest BCUT2D eigenvalue weighted by Crippen LogP contribution is -2.44. The van der Waals surface area contributed by atoms with Gasteiger partial charge in [0.1, 0.15) is 0 Å². The van der Waals surface area contributed by atoms with E-state index in [1.807, 2.05) is 30.3 Å². The minimum absolute atomic E-state index is 0.0938. The molecule has 0 saturated carbocycles. The lowest BCUT2D eigenvalue weighted by Gasteiger charge is -2.31. The SMILES string of the molecule is C=CCSc1nnc(NC(=O)[C@@H]2CCCN(S(=O)(=O)CCCc3ccccc3)C2)s1. The van der Waals surface area contributed by atoms with Gasteiger partial charge in [-0.05, 0) is 31.2 Å². The van der Waals surface area contributed by atoms with Gasteiger partial charge in [0.25, 0.3) is 0 Å². The second-order valence-electron chi connectivity index (χ2n) is 7.06. The number of nitrogens with one attached hydrogen (secondary N) is 1. The molecule has 0 aliphatic carbocycles. The first-order valence-corrected chi connectivity index (χ1v) is 13.3. The first kappa shape index (κ1) is 22.9. The Morgan fingerprint density at radius 3 is 2.90 bits per heavy atom. The minimum atomic E-state index is -3.38. The van der Waals surface area contributed by atoms with Crippen molar-refractivity contribution in [3.8, 4) is 0 Å². The fourth-order valence-corrected chi connectivity index (χ4v) is 6.40. The van der Waals surface area contributed by atoms with Gasteiger partial charge in [-0.25, -0.2) is 12.7 Å². The Morgan fingerprint density at radius 2 is 2.13 bits per heavy atom. The molecule has 1 N–H and O–H groups in total. The van der Waals surface area contributed by atoms with Gasteiger partial charge in [-0.2, -0.15) is 0 Å². The smallest absolute Gasteiger partial charge is 0.230 e. The van der Waals surface area contributed by atoms with E-state index in [4.69, 9.17) is 0 Å². The Hall–Kier alpha value is -1.75. The summed E-state index contributed by atoms with van der Waals surface area (Å²) in [4.78, 5) is 12.6. The average Bonchev–Trinajstić information content (AvgIpc) is 3.20. The number of anilines is 1. The summed E-state index contributed by atoms with van der Waals surface area (Å²) >= 11 is 2.81. The number of aromatic nitrogens is 2. The molecule has 10 heteroatoms. The normalized spacial score (nSPS) is 17.5. The molecule has 1 aliphatic heterocycles. The molecule has 0 radical (unpaired) electrons. The lowest BCUT2D eigenvalue weighted by molar-refractivity contribution is -0.120.